The number of hydrogen-bond donors (Lipinski definition) is 1. The molecule has 1 aromatic heterocycles. The average Bonchev–Trinajstić information content (AvgIpc) is 3.53. The van der Waals surface area contributed by atoms with E-state index in [-0.39, 0.29) is 11.3 Å². The second kappa shape index (κ2) is 10.1. The minimum atomic E-state index is -0.942. The summed E-state index contributed by atoms with van der Waals surface area (Å²) in [5.41, 5.74) is 1.62. The molecular formula is C30H25NO6. The van der Waals surface area contributed by atoms with Crippen LogP contribution in [0.15, 0.2) is 101 Å². The van der Waals surface area contributed by atoms with Crippen molar-refractivity contribution < 1.29 is 28.6 Å². The molecule has 1 unspecified atom stereocenters. The van der Waals surface area contributed by atoms with Gasteiger partial charge in [0.15, 0.2) is 0 Å². The molecule has 2 heterocycles. The number of carbonyl (C=O) groups excluding carboxylic acids is 2. The number of furan rings is 1. The number of rotatable bonds is 7. The summed E-state index contributed by atoms with van der Waals surface area (Å²) in [4.78, 5) is 27.9. The third-order valence-corrected chi connectivity index (χ3v) is 6.10. The van der Waals surface area contributed by atoms with Crippen LogP contribution in [0.5, 0.6) is 17.2 Å². The van der Waals surface area contributed by atoms with E-state index >= 15 is 0 Å². The Morgan fingerprint density at radius 3 is 2.32 bits per heavy atom. The molecule has 4 aromatic rings. The maximum absolute atomic E-state index is 13.3. The Kier molecular flexibility index (Phi) is 6.51. The number of hydrogen-bond acceptors (Lipinski definition) is 6. The van der Waals surface area contributed by atoms with Gasteiger partial charge in [0.1, 0.15) is 34.8 Å². The molecule has 7 nitrogen and oxygen atoms in total. The molecule has 186 valence electrons. The summed E-state index contributed by atoms with van der Waals surface area (Å²) < 4.78 is 17.1. The lowest BCUT2D eigenvalue weighted by molar-refractivity contribution is -0.132. The molecule has 0 saturated carbocycles. The highest BCUT2D eigenvalue weighted by molar-refractivity contribution is 6.51. The molecule has 5 rings (SSSR count). The lowest BCUT2D eigenvalue weighted by atomic mass is 9.98. The second-order valence-corrected chi connectivity index (χ2v) is 8.51. The number of amides is 1. The fourth-order valence-electron chi connectivity index (χ4n) is 4.38. The zero-order chi connectivity index (χ0) is 25.9. The molecule has 1 saturated heterocycles. The molecule has 0 radical (unpaired) electrons. The zero-order valence-corrected chi connectivity index (χ0v) is 20.4. The number of nitrogens with zero attached hydrogens (tertiary/aromatic N) is 1. The van der Waals surface area contributed by atoms with Gasteiger partial charge in [-0.1, -0.05) is 18.2 Å². The van der Waals surface area contributed by atoms with Crippen molar-refractivity contribution >= 4 is 23.1 Å². The van der Waals surface area contributed by atoms with E-state index in [9.17, 15) is 14.7 Å². The topological polar surface area (TPSA) is 89.2 Å². The van der Waals surface area contributed by atoms with Crippen molar-refractivity contribution in [3.05, 3.63) is 114 Å². The van der Waals surface area contributed by atoms with E-state index in [4.69, 9.17) is 13.9 Å². The molecule has 1 aliphatic heterocycles. The van der Waals surface area contributed by atoms with Gasteiger partial charge in [0.25, 0.3) is 11.7 Å². The predicted octanol–water partition coefficient (Wildman–Crippen LogP) is 6.41. The Balaban J connectivity index is 1.54. The number of aliphatic hydroxyl groups is 1. The van der Waals surface area contributed by atoms with Crippen molar-refractivity contribution in [3.63, 3.8) is 0 Å². The summed E-state index contributed by atoms with van der Waals surface area (Å²) in [7, 11) is 0. The summed E-state index contributed by atoms with van der Waals surface area (Å²) in [5.74, 6) is 0.450. The number of ketones is 1. The molecule has 1 atom stereocenters. The van der Waals surface area contributed by atoms with Crippen molar-refractivity contribution in [1.29, 1.82) is 0 Å². The highest BCUT2D eigenvalue weighted by atomic mass is 16.5. The lowest BCUT2D eigenvalue weighted by Crippen LogP contribution is -2.29. The Bertz CT molecular complexity index is 1460. The third kappa shape index (κ3) is 4.59. The van der Waals surface area contributed by atoms with E-state index in [1.54, 1.807) is 54.6 Å². The number of anilines is 1. The molecule has 1 N–H and O–H groups in total. The van der Waals surface area contributed by atoms with E-state index in [0.29, 0.717) is 40.9 Å². The molecular weight excluding hydrogens is 470 g/mol. The molecule has 0 aliphatic carbocycles. The van der Waals surface area contributed by atoms with Gasteiger partial charge >= 0.3 is 0 Å². The maximum Gasteiger partial charge on any atom is 0.300 e. The van der Waals surface area contributed by atoms with E-state index in [1.807, 2.05) is 44.2 Å². The molecule has 3 aromatic carbocycles. The van der Waals surface area contributed by atoms with Crippen LogP contribution in [0, 0.1) is 6.92 Å². The monoisotopic (exact) mass is 495 g/mol. The van der Waals surface area contributed by atoms with Crippen molar-refractivity contribution in [2.24, 2.45) is 0 Å². The minimum Gasteiger partial charge on any atom is -0.507 e. The average molecular weight is 496 g/mol. The number of benzene rings is 3. The van der Waals surface area contributed by atoms with Gasteiger partial charge in [0, 0.05) is 11.3 Å². The molecule has 1 amide bonds. The quantitative estimate of drug-likeness (QED) is 0.181. The van der Waals surface area contributed by atoms with Gasteiger partial charge in [-0.15, -0.1) is 0 Å². The second-order valence-electron chi connectivity index (χ2n) is 8.51. The van der Waals surface area contributed by atoms with Crippen LogP contribution < -0.4 is 14.4 Å². The van der Waals surface area contributed by atoms with Crippen LogP contribution in [0.4, 0.5) is 5.69 Å². The maximum atomic E-state index is 13.3. The first-order chi connectivity index (χ1) is 18.0. The molecule has 7 heteroatoms. The Labute approximate surface area is 214 Å². The van der Waals surface area contributed by atoms with Crippen LogP contribution in [0.2, 0.25) is 0 Å². The SMILES string of the molecule is CCOc1ccc(/C(O)=C2/C(=O)C(=O)N(c3ccc(Oc4ccccc4)cc3)C2c2ccco2)cc1C. The van der Waals surface area contributed by atoms with E-state index in [2.05, 4.69) is 0 Å². The number of Topliss-reactive ketones (excluding diaryl/α,β-unsaturated/α-hetero) is 1. The fraction of sp³-hybridized carbons (Fsp3) is 0.133. The predicted molar refractivity (Wildman–Crippen MR) is 139 cm³/mol. The summed E-state index contributed by atoms with van der Waals surface area (Å²) >= 11 is 0. The van der Waals surface area contributed by atoms with Crippen molar-refractivity contribution in [3.8, 4) is 17.2 Å². The zero-order valence-electron chi connectivity index (χ0n) is 20.4. The number of para-hydroxylation sites is 1. The lowest BCUT2D eigenvalue weighted by Gasteiger charge is -2.23. The highest BCUT2D eigenvalue weighted by Crippen LogP contribution is 2.43. The van der Waals surface area contributed by atoms with Gasteiger partial charge in [-0.25, -0.2) is 0 Å². The number of aliphatic hydroxyl groups excluding tert-OH is 1. The largest absolute Gasteiger partial charge is 0.507 e. The number of carbonyl (C=O) groups is 2. The first-order valence-corrected chi connectivity index (χ1v) is 11.9. The summed E-state index contributed by atoms with van der Waals surface area (Å²) in [6, 6.07) is 23.7. The van der Waals surface area contributed by atoms with Crippen molar-refractivity contribution in [1.82, 2.24) is 0 Å². The molecule has 0 bridgehead atoms. The number of aryl methyl sites for hydroxylation is 1. The van der Waals surface area contributed by atoms with Crippen LogP contribution in [-0.4, -0.2) is 23.4 Å². The summed E-state index contributed by atoms with van der Waals surface area (Å²) in [5, 5.41) is 11.3. The van der Waals surface area contributed by atoms with Gasteiger partial charge in [0.05, 0.1) is 18.4 Å². The molecule has 0 spiro atoms. The van der Waals surface area contributed by atoms with E-state index < -0.39 is 17.7 Å². The van der Waals surface area contributed by atoms with Gasteiger partial charge < -0.3 is 19.0 Å². The van der Waals surface area contributed by atoms with Crippen molar-refractivity contribution in [2.75, 3.05) is 11.5 Å². The van der Waals surface area contributed by atoms with E-state index in [0.717, 1.165) is 5.56 Å². The normalized spacial score (nSPS) is 16.7. The van der Waals surface area contributed by atoms with Crippen LogP contribution in [0.25, 0.3) is 5.76 Å². The van der Waals surface area contributed by atoms with Gasteiger partial charge in [-0.2, -0.15) is 0 Å². The molecule has 37 heavy (non-hydrogen) atoms. The van der Waals surface area contributed by atoms with E-state index in [1.165, 1.54) is 11.2 Å². The number of ether oxygens (including phenoxy) is 2. The van der Waals surface area contributed by atoms with Gasteiger partial charge in [0.2, 0.25) is 0 Å². The Hall–Kier alpha value is -4.78. The van der Waals surface area contributed by atoms with Gasteiger partial charge in [-0.05, 0) is 86.1 Å². The third-order valence-electron chi connectivity index (χ3n) is 6.10. The fourth-order valence-corrected chi connectivity index (χ4v) is 4.38. The molecule has 1 aliphatic rings. The summed E-state index contributed by atoms with van der Waals surface area (Å²) in [6.07, 6.45) is 1.47. The highest BCUT2D eigenvalue weighted by Gasteiger charge is 2.48. The van der Waals surface area contributed by atoms with Gasteiger partial charge in [-0.3, -0.25) is 14.5 Å². The standard InChI is InChI=1S/C30H25NO6/c1-3-35-24-16-11-20(18-19(24)2)28(32)26-27(25-10-7-17-36-25)31(30(34)29(26)33)21-12-14-23(15-13-21)37-22-8-5-4-6-9-22/h4-18,27,32H,3H2,1-2H3/b28-26-. The van der Waals surface area contributed by atoms with Crippen LogP contribution in [0.3, 0.4) is 0 Å². The van der Waals surface area contributed by atoms with Crippen LogP contribution >= 0.6 is 0 Å². The molecule has 1 fully saturated rings. The van der Waals surface area contributed by atoms with Crippen LogP contribution in [0.1, 0.15) is 29.9 Å². The minimum absolute atomic E-state index is 0.0480. The Morgan fingerprint density at radius 2 is 1.68 bits per heavy atom. The Morgan fingerprint density at radius 1 is 0.946 bits per heavy atom. The first kappa shape index (κ1) is 23.9. The smallest absolute Gasteiger partial charge is 0.300 e. The van der Waals surface area contributed by atoms with Crippen LogP contribution in [-0.2, 0) is 9.59 Å². The first-order valence-electron chi connectivity index (χ1n) is 11.9. The van der Waals surface area contributed by atoms with Crippen molar-refractivity contribution in [2.45, 2.75) is 19.9 Å². The summed E-state index contributed by atoms with van der Waals surface area (Å²) in [6.45, 7) is 4.24.